The second kappa shape index (κ2) is 6.28. The molecule has 1 aromatic carbocycles. The summed E-state index contributed by atoms with van der Waals surface area (Å²) < 4.78 is 45.4. The molecule has 2 rings (SSSR count). The van der Waals surface area contributed by atoms with Gasteiger partial charge in [0.1, 0.15) is 5.75 Å². The molecule has 1 heterocycles. The molecule has 2 nitrogen and oxygen atoms in total. The third-order valence-corrected chi connectivity index (χ3v) is 3.88. The van der Waals surface area contributed by atoms with Crippen molar-refractivity contribution in [3.63, 3.8) is 0 Å². The second-order valence-electron chi connectivity index (χ2n) is 4.14. The van der Waals surface area contributed by atoms with Crippen molar-refractivity contribution < 1.29 is 17.9 Å². The maximum absolute atomic E-state index is 13.9. The molecule has 20 heavy (non-hydrogen) atoms. The van der Waals surface area contributed by atoms with Crippen molar-refractivity contribution in [3.8, 4) is 5.75 Å². The van der Waals surface area contributed by atoms with Crippen LogP contribution in [-0.4, -0.2) is 13.7 Å². The highest BCUT2D eigenvalue weighted by atomic mass is 32.1. The maximum atomic E-state index is 13.9. The molecule has 2 aromatic rings. The number of hydrogen-bond acceptors (Lipinski definition) is 3. The minimum absolute atomic E-state index is 0.0789. The largest absolute Gasteiger partial charge is 0.496 e. The van der Waals surface area contributed by atoms with Gasteiger partial charge in [-0.1, -0.05) is 13.0 Å². The number of benzene rings is 1. The molecule has 0 spiro atoms. The van der Waals surface area contributed by atoms with E-state index in [2.05, 4.69) is 5.32 Å². The standard InChI is InChI=1S/C14H14F3NOS/c1-3-18-14(11-6-8(19-2)7-20-11)9-4-5-10(15)13(17)12(9)16/h4-7,14,18H,3H2,1-2H3. The van der Waals surface area contributed by atoms with Gasteiger partial charge in [-0.05, 0) is 18.7 Å². The first-order valence-electron chi connectivity index (χ1n) is 6.07. The molecule has 1 atom stereocenters. The van der Waals surface area contributed by atoms with Crippen molar-refractivity contribution in [3.05, 3.63) is 51.5 Å². The molecule has 0 saturated heterocycles. The average Bonchev–Trinajstić information content (AvgIpc) is 2.92. The molecular weight excluding hydrogens is 287 g/mol. The number of thiophene rings is 1. The van der Waals surface area contributed by atoms with Crippen molar-refractivity contribution in [1.82, 2.24) is 5.32 Å². The fraction of sp³-hybridized carbons (Fsp3) is 0.286. The lowest BCUT2D eigenvalue weighted by Gasteiger charge is -2.18. The van der Waals surface area contributed by atoms with Crippen LogP contribution in [0.1, 0.15) is 23.4 Å². The Balaban J connectivity index is 2.45. The molecule has 0 aliphatic heterocycles. The van der Waals surface area contributed by atoms with E-state index in [1.807, 2.05) is 6.92 Å². The Bertz CT molecular complexity index is 600. The van der Waals surface area contributed by atoms with Gasteiger partial charge in [-0.25, -0.2) is 13.2 Å². The van der Waals surface area contributed by atoms with Crippen LogP contribution >= 0.6 is 11.3 Å². The van der Waals surface area contributed by atoms with E-state index in [0.29, 0.717) is 12.3 Å². The van der Waals surface area contributed by atoms with Crippen LogP contribution in [0.15, 0.2) is 23.6 Å². The molecule has 0 aliphatic carbocycles. The van der Waals surface area contributed by atoms with Crippen LogP contribution < -0.4 is 10.1 Å². The molecule has 1 aromatic heterocycles. The molecule has 0 saturated carbocycles. The van der Waals surface area contributed by atoms with E-state index in [-0.39, 0.29) is 5.56 Å². The van der Waals surface area contributed by atoms with Gasteiger partial charge in [-0.15, -0.1) is 11.3 Å². The molecule has 6 heteroatoms. The topological polar surface area (TPSA) is 21.3 Å². The zero-order valence-corrected chi connectivity index (χ0v) is 11.9. The quantitative estimate of drug-likeness (QED) is 0.846. The van der Waals surface area contributed by atoms with Crippen molar-refractivity contribution in [2.75, 3.05) is 13.7 Å². The van der Waals surface area contributed by atoms with Crippen LogP contribution in [0, 0.1) is 17.5 Å². The highest BCUT2D eigenvalue weighted by Gasteiger charge is 2.23. The van der Waals surface area contributed by atoms with Gasteiger partial charge in [0.25, 0.3) is 0 Å². The van der Waals surface area contributed by atoms with Crippen LogP contribution in [0.5, 0.6) is 5.75 Å². The summed E-state index contributed by atoms with van der Waals surface area (Å²) in [5, 5.41) is 4.84. The zero-order chi connectivity index (χ0) is 14.7. The van der Waals surface area contributed by atoms with E-state index < -0.39 is 23.5 Å². The third-order valence-electron chi connectivity index (χ3n) is 2.90. The summed E-state index contributed by atoms with van der Waals surface area (Å²) in [5.74, 6) is -3.15. The van der Waals surface area contributed by atoms with Gasteiger partial charge in [0, 0.05) is 15.8 Å². The first-order valence-corrected chi connectivity index (χ1v) is 6.95. The van der Waals surface area contributed by atoms with Gasteiger partial charge in [0.2, 0.25) is 0 Å². The minimum atomic E-state index is -1.45. The fourth-order valence-electron chi connectivity index (χ4n) is 1.92. The highest BCUT2D eigenvalue weighted by molar-refractivity contribution is 7.10. The number of ether oxygens (including phenoxy) is 1. The zero-order valence-electron chi connectivity index (χ0n) is 11.0. The SMILES string of the molecule is CCNC(c1cc(OC)cs1)c1ccc(F)c(F)c1F. The molecule has 0 aliphatic rings. The molecule has 0 bridgehead atoms. The normalized spacial score (nSPS) is 12.4. The molecular formula is C14H14F3NOS. The van der Waals surface area contributed by atoms with Gasteiger partial charge in [-0.2, -0.15) is 0 Å². The van der Waals surface area contributed by atoms with Crippen LogP contribution in [-0.2, 0) is 0 Å². The second-order valence-corrected chi connectivity index (χ2v) is 5.09. The van der Waals surface area contributed by atoms with E-state index in [4.69, 9.17) is 4.74 Å². The average molecular weight is 301 g/mol. The number of nitrogens with one attached hydrogen (secondary N) is 1. The Morgan fingerprint density at radius 3 is 2.60 bits per heavy atom. The van der Waals surface area contributed by atoms with Crippen molar-refractivity contribution >= 4 is 11.3 Å². The van der Waals surface area contributed by atoms with E-state index in [9.17, 15) is 13.2 Å². The summed E-state index contributed by atoms with van der Waals surface area (Å²) in [5.41, 5.74) is 0.0789. The first-order chi connectivity index (χ1) is 9.58. The van der Waals surface area contributed by atoms with Crippen molar-refractivity contribution in [1.29, 1.82) is 0 Å². The lowest BCUT2D eigenvalue weighted by molar-refractivity contribution is 0.415. The highest BCUT2D eigenvalue weighted by Crippen LogP contribution is 2.33. The van der Waals surface area contributed by atoms with Gasteiger partial charge in [0.05, 0.1) is 13.2 Å². The smallest absolute Gasteiger partial charge is 0.194 e. The Morgan fingerprint density at radius 2 is 2.00 bits per heavy atom. The Kier molecular flexibility index (Phi) is 4.67. The predicted molar refractivity (Wildman–Crippen MR) is 72.7 cm³/mol. The Labute approximate surface area is 119 Å². The van der Waals surface area contributed by atoms with Gasteiger partial charge < -0.3 is 10.1 Å². The molecule has 1 unspecified atom stereocenters. The van der Waals surface area contributed by atoms with E-state index in [1.54, 1.807) is 11.4 Å². The van der Waals surface area contributed by atoms with Crippen LogP contribution in [0.25, 0.3) is 0 Å². The maximum Gasteiger partial charge on any atom is 0.194 e. The van der Waals surface area contributed by atoms with E-state index in [0.717, 1.165) is 10.9 Å². The van der Waals surface area contributed by atoms with Crippen molar-refractivity contribution in [2.45, 2.75) is 13.0 Å². The summed E-state index contributed by atoms with van der Waals surface area (Å²) in [6.45, 7) is 2.42. The summed E-state index contributed by atoms with van der Waals surface area (Å²) in [7, 11) is 1.53. The van der Waals surface area contributed by atoms with E-state index in [1.165, 1.54) is 24.5 Å². The molecule has 0 radical (unpaired) electrons. The molecule has 0 amide bonds. The number of halogens is 3. The lowest BCUT2D eigenvalue weighted by Crippen LogP contribution is -2.22. The molecule has 0 fully saturated rings. The van der Waals surface area contributed by atoms with Crippen LogP contribution in [0.4, 0.5) is 13.2 Å². The predicted octanol–water partition coefficient (Wildman–Crippen LogP) is 3.87. The fourth-order valence-corrected chi connectivity index (χ4v) is 2.87. The van der Waals surface area contributed by atoms with Crippen LogP contribution in [0.2, 0.25) is 0 Å². The summed E-state index contributed by atoms with van der Waals surface area (Å²) >= 11 is 1.37. The van der Waals surface area contributed by atoms with Crippen LogP contribution in [0.3, 0.4) is 0 Å². The summed E-state index contributed by atoms with van der Waals surface area (Å²) in [6, 6.07) is 3.40. The van der Waals surface area contributed by atoms with Gasteiger partial charge >= 0.3 is 0 Å². The van der Waals surface area contributed by atoms with E-state index >= 15 is 0 Å². The van der Waals surface area contributed by atoms with Gasteiger partial charge in [0.15, 0.2) is 17.5 Å². The van der Waals surface area contributed by atoms with Gasteiger partial charge in [-0.3, -0.25) is 0 Å². The summed E-state index contributed by atoms with van der Waals surface area (Å²) in [6.07, 6.45) is 0. The monoisotopic (exact) mass is 301 g/mol. The minimum Gasteiger partial charge on any atom is -0.496 e. The number of hydrogen-bond donors (Lipinski definition) is 1. The molecule has 1 N–H and O–H groups in total. The Hall–Kier alpha value is -1.53. The number of rotatable bonds is 5. The van der Waals surface area contributed by atoms with Crippen molar-refractivity contribution in [2.24, 2.45) is 0 Å². The Morgan fingerprint density at radius 1 is 1.25 bits per heavy atom. The first kappa shape index (κ1) is 14.9. The third kappa shape index (κ3) is 2.81. The number of methoxy groups -OCH3 is 1. The lowest BCUT2D eigenvalue weighted by atomic mass is 10.0. The molecule has 108 valence electrons. The summed E-state index contributed by atoms with van der Waals surface area (Å²) in [4.78, 5) is 0.772.